The van der Waals surface area contributed by atoms with Crippen LogP contribution in [0.5, 0.6) is 11.5 Å². The van der Waals surface area contributed by atoms with E-state index in [9.17, 15) is 4.79 Å². The van der Waals surface area contributed by atoms with E-state index >= 15 is 0 Å². The number of carbonyl (C=O) groups excluding carboxylic acids is 1. The monoisotopic (exact) mass is 386 g/mol. The van der Waals surface area contributed by atoms with Crippen LogP contribution in [0.4, 0.5) is 5.69 Å². The Kier molecular flexibility index (Phi) is 5.50. The number of likely N-dealkylation sites (tertiary alicyclic amines) is 1. The molecule has 0 bridgehead atoms. The lowest BCUT2D eigenvalue weighted by atomic mass is 9.96. The smallest absolute Gasteiger partial charge is 0.228 e. The molecule has 0 aromatic heterocycles. The maximum atomic E-state index is 12.8. The Balaban J connectivity index is 1.38. The molecule has 5 nitrogen and oxygen atoms in total. The van der Waals surface area contributed by atoms with Crippen LogP contribution in [0.15, 0.2) is 42.5 Å². The van der Waals surface area contributed by atoms with Crippen LogP contribution in [0.25, 0.3) is 0 Å². The molecule has 1 saturated heterocycles. The molecule has 2 aliphatic rings. The zero-order valence-electron chi connectivity index (χ0n) is 15.1. The minimum atomic E-state index is -0.0329. The topological polar surface area (TPSA) is 50.8 Å². The van der Waals surface area contributed by atoms with Crippen molar-refractivity contribution in [1.29, 1.82) is 0 Å². The Bertz CT molecular complexity index is 827. The number of ether oxygens (including phenoxy) is 2. The number of amides is 1. The number of hydrogen-bond acceptors (Lipinski definition) is 4. The van der Waals surface area contributed by atoms with Crippen LogP contribution in [0.3, 0.4) is 0 Å². The summed E-state index contributed by atoms with van der Waals surface area (Å²) in [5.41, 5.74) is 1.85. The molecule has 1 N–H and O–H groups in total. The number of nitrogens with zero attached hydrogens (tertiary/aromatic N) is 1. The van der Waals surface area contributed by atoms with E-state index in [0.29, 0.717) is 19.0 Å². The van der Waals surface area contributed by atoms with Gasteiger partial charge in [0.05, 0.1) is 5.92 Å². The van der Waals surface area contributed by atoms with Crippen LogP contribution in [0, 0.1) is 5.92 Å². The number of piperidine rings is 1. The Morgan fingerprint density at radius 3 is 2.81 bits per heavy atom. The maximum absolute atomic E-state index is 12.8. The van der Waals surface area contributed by atoms with E-state index in [1.807, 2.05) is 42.5 Å². The predicted molar refractivity (Wildman–Crippen MR) is 106 cm³/mol. The Labute approximate surface area is 164 Å². The molecule has 1 amide bonds. The van der Waals surface area contributed by atoms with Crippen LogP contribution in [0.2, 0.25) is 5.02 Å². The molecule has 0 spiro atoms. The molecule has 27 heavy (non-hydrogen) atoms. The number of rotatable bonds is 4. The summed E-state index contributed by atoms with van der Waals surface area (Å²) in [6, 6.07) is 13.4. The first-order chi connectivity index (χ1) is 13.2. The summed E-state index contributed by atoms with van der Waals surface area (Å²) in [7, 11) is 0. The number of hydrogen-bond donors (Lipinski definition) is 1. The number of halogens is 1. The van der Waals surface area contributed by atoms with Gasteiger partial charge in [-0.3, -0.25) is 9.69 Å². The summed E-state index contributed by atoms with van der Waals surface area (Å²) in [4.78, 5) is 15.1. The predicted octanol–water partition coefficient (Wildman–Crippen LogP) is 3.96. The van der Waals surface area contributed by atoms with Gasteiger partial charge < -0.3 is 14.8 Å². The Morgan fingerprint density at radius 2 is 1.96 bits per heavy atom. The summed E-state index contributed by atoms with van der Waals surface area (Å²) < 4.78 is 11.1. The number of nitrogens with one attached hydrogen (secondary N) is 1. The molecule has 4 rings (SSSR count). The summed E-state index contributed by atoms with van der Waals surface area (Å²) in [6.45, 7) is 3.58. The molecule has 2 aromatic carbocycles. The van der Waals surface area contributed by atoms with Crippen molar-refractivity contribution in [3.05, 3.63) is 53.1 Å². The third kappa shape index (κ3) is 4.37. The average molecular weight is 387 g/mol. The van der Waals surface area contributed by atoms with E-state index in [0.717, 1.165) is 54.5 Å². The molecule has 6 heteroatoms. The summed E-state index contributed by atoms with van der Waals surface area (Å²) in [5.74, 6) is 1.43. The van der Waals surface area contributed by atoms with Crippen molar-refractivity contribution < 1.29 is 14.3 Å². The Morgan fingerprint density at radius 1 is 1.15 bits per heavy atom. The van der Waals surface area contributed by atoms with Gasteiger partial charge in [-0.05, 0) is 43.1 Å². The van der Waals surface area contributed by atoms with Gasteiger partial charge in [-0.25, -0.2) is 0 Å². The molecular formula is C21H23ClN2O3. The Hall–Kier alpha value is -2.24. The van der Waals surface area contributed by atoms with Gasteiger partial charge in [0.25, 0.3) is 0 Å². The molecule has 1 fully saturated rings. The summed E-state index contributed by atoms with van der Waals surface area (Å²) in [6.07, 6.45) is 1.90. The maximum Gasteiger partial charge on any atom is 0.228 e. The first-order valence-electron chi connectivity index (χ1n) is 9.35. The molecule has 0 saturated carbocycles. The van der Waals surface area contributed by atoms with E-state index in [4.69, 9.17) is 21.1 Å². The minimum absolute atomic E-state index is 0.0329. The van der Waals surface area contributed by atoms with E-state index < -0.39 is 0 Å². The van der Waals surface area contributed by atoms with Crippen LogP contribution in [0.1, 0.15) is 18.4 Å². The summed E-state index contributed by atoms with van der Waals surface area (Å²) in [5, 5.41) is 3.81. The van der Waals surface area contributed by atoms with Crippen molar-refractivity contribution >= 4 is 23.2 Å². The van der Waals surface area contributed by atoms with Crippen LogP contribution >= 0.6 is 11.6 Å². The van der Waals surface area contributed by atoms with E-state index in [-0.39, 0.29) is 11.8 Å². The van der Waals surface area contributed by atoms with Gasteiger partial charge in [-0.1, -0.05) is 29.8 Å². The standard InChI is InChI=1S/C21H23ClN2O3/c22-18-6-2-1-4-15(18)13-24-9-3-5-16(14-24)21(25)23-17-7-8-19-20(12-17)27-11-10-26-19/h1-2,4,6-8,12,16H,3,5,9-11,13-14H2,(H,23,25)/t16-/m1/s1. The van der Waals surface area contributed by atoms with Gasteiger partial charge in [-0.15, -0.1) is 0 Å². The largest absolute Gasteiger partial charge is 0.486 e. The highest BCUT2D eigenvalue weighted by atomic mass is 35.5. The van der Waals surface area contributed by atoms with Crippen molar-refractivity contribution in [2.24, 2.45) is 5.92 Å². The zero-order valence-corrected chi connectivity index (χ0v) is 15.9. The summed E-state index contributed by atoms with van der Waals surface area (Å²) >= 11 is 6.28. The average Bonchev–Trinajstić information content (AvgIpc) is 2.70. The lowest BCUT2D eigenvalue weighted by Crippen LogP contribution is -2.40. The molecule has 0 radical (unpaired) electrons. The van der Waals surface area contributed by atoms with Crippen LogP contribution < -0.4 is 14.8 Å². The number of benzene rings is 2. The van der Waals surface area contributed by atoms with E-state index in [2.05, 4.69) is 10.2 Å². The fraction of sp³-hybridized carbons (Fsp3) is 0.381. The third-order valence-electron chi connectivity index (χ3n) is 5.04. The molecule has 2 heterocycles. The van der Waals surface area contributed by atoms with Crippen molar-refractivity contribution in [3.63, 3.8) is 0 Å². The second-order valence-electron chi connectivity index (χ2n) is 7.01. The minimum Gasteiger partial charge on any atom is -0.486 e. The van der Waals surface area contributed by atoms with Gasteiger partial charge in [-0.2, -0.15) is 0 Å². The zero-order chi connectivity index (χ0) is 18.6. The normalized spacial score (nSPS) is 19.5. The second kappa shape index (κ2) is 8.19. The van der Waals surface area contributed by atoms with Gasteiger partial charge >= 0.3 is 0 Å². The molecular weight excluding hydrogens is 364 g/mol. The van der Waals surface area contributed by atoms with E-state index in [1.54, 1.807) is 0 Å². The molecule has 0 unspecified atom stereocenters. The van der Waals surface area contributed by atoms with Crippen molar-refractivity contribution in [2.45, 2.75) is 19.4 Å². The van der Waals surface area contributed by atoms with E-state index in [1.165, 1.54) is 0 Å². The lowest BCUT2D eigenvalue weighted by Gasteiger charge is -2.32. The fourth-order valence-electron chi connectivity index (χ4n) is 3.65. The van der Waals surface area contributed by atoms with Crippen LogP contribution in [-0.2, 0) is 11.3 Å². The molecule has 0 aliphatic carbocycles. The first kappa shape index (κ1) is 18.1. The van der Waals surface area contributed by atoms with Gasteiger partial charge in [0.1, 0.15) is 13.2 Å². The van der Waals surface area contributed by atoms with Crippen molar-refractivity contribution in [2.75, 3.05) is 31.6 Å². The van der Waals surface area contributed by atoms with Crippen molar-refractivity contribution in [3.8, 4) is 11.5 Å². The van der Waals surface area contributed by atoms with Gasteiger partial charge in [0, 0.05) is 29.9 Å². The van der Waals surface area contributed by atoms with Crippen LogP contribution in [-0.4, -0.2) is 37.1 Å². The SMILES string of the molecule is O=C(Nc1ccc2c(c1)OCCO2)[C@@H]1CCCN(Cc2ccccc2Cl)C1. The number of anilines is 1. The number of fused-ring (bicyclic) bond motifs is 1. The quantitative estimate of drug-likeness (QED) is 0.864. The highest BCUT2D eigenvalue weighted by Crippen LogP contribution is 2.33. The molecule has 1 atom stereocenters. The first-order valence-corrected chi connectivity index (χ1v) is 9.73. The lowest BCUT2D eigenvalue weighted by molar-refractivity contribution is -0.121. The molecule has 2 aliphatic heterocycles. The fourth-order valence-corrected chi connectivity index (χ4v) is 3.84. The highest BCUT2D eigenvalue weighted by molar-refractivity contribution is 6.31. The number of carbonyl (C=O) groups is 1. The molecule has 2 aromatic rings. The highest BCUT2D eigenvalue weighted by Gasteiger charge is 2.26. The van der Waals surface area contributed by atoms with Crippen molar-refractivity contribution in [1.82, 2.24) is 4.90 Å². The van der Waals surface area contributed by atoms with Gasteiger partial charge in [0.2, 0.25) is 5.91 Å². The second-order valence-corrected chi connectivity index (χ2v) is 7.42. The molecule has 142 valence electrons. The van der Waals surface area contributed by atoms with Gasteiger partial charge in [0.15, 0.2) is 11.5 Å². The third-order valence-corrected chi connectivity index (χ3v) is 5.41.